The number of nitrogens with zero attached hydrogens (tertiary/aromatic N) is 5. The number of methoxy groups -OCH3 is 1. The summed E-state index contributed by atoms with van der Waals surface area (Å²) in [5.41, 5.74) is 3.65. The van der Waals surface area contributed by atoms with Crippen LogP contribution >= 0.6 is 11.3 Å². The number of rotatable bonds is 10. The lowest BCUT2D eigenvalue weighted by Crippen LogP contribution is -2.44. The molecule has 1 aliphatic heterocycles. The van der Waals surface area contributed by atoms with E-state index in [4.69, 9.17) is 19.6 Å². The largest absolute Gasteiger partial charge is 0.490 e. The van der Waals surface area contributed by atoms with E-state index in [0.717, 1.165) is 53.3 Å². The second kappa shape index (κ2) is 11.8. The Balaban J connectivity index is 1.43. The van der Waals surface area contributed by atoms with E-state index in [2.05, 4.69) is 31.6 Å². The van der Waals surface area contributed by atoms with Crippen molar-refractivity contribution in [2.45, 2.75) is 50.7 Å². The van der Waals surface area contributed by atoms with Gasteiger partial charge in [-0.3, -0.25) is 9.48 Å². The zero-order valence-electron chi connectivity index (χ0n) is 26.7. The van der Waals surface area contributed by atoms with Gasteiger partial charge in [-0.05, 0) is 75.7 Å². The van der Waals surface area contributed by atoms with Crippen molar-refractivity contribution >= 4 is 27.3 Å². The van der Waals surface area contributed by atoms with Gasteiger partial charge in [-0.15, -0.1) is 11.3 Å². The van der Waals surface area contributed by atoms with E-state index in [1.807, 2.05) is 23.1 Å². The lowest BCUT2D eigenvalue weighted by molar-refractivity contribution is -0.129. The van der Waals surface area contributed by atoms with Crippen molar-refractivity contribution in [1.82, 2.24) is 24.6 Å². The van der Waals surface area contributed by atoms with Gasteiger partial charge in [0.05, 0.1) is 36.6 Å². The summed E-state index contributed by atoms with van der Waals surface area (Å²) in [6, 6.07) is 6.07. The maximum absolute atomic E-state index is 16.1. The van der Waals surface area contributed by atoms with Crippen LogP contribution in [0.1, 0.15) is 37.6 Å². The van der Waals surface area contributed by atoms with Crippen molar-refractivity contribution < 1.29 is 23.0 Å². The summed E-state index contributed by atoms with van der Waals surface area (Å²) in [5.74, 6) is -0.245. The third-order valence-electron chi connectivity index (χ3n) is 10.0. The van der Waals surface area contributed by atoms with Gasteiger partial charge in [-0.2, -0.15) is 5.10 Å². The Morgan fingerprint density at radius 1 is 1.20 bits per heavy atom. The molecule has 46 heavy (non-hydrogen) atoms. The average Bonchev–Trinajstić information content (AvgIpc) is 3.78. The molecule has 8 nitrogen and oxygen atoms in total. The predicted octanol–water partition coefficient (Wildman–Crippen LogP) is 6.28. The minimum absolute atomic E-state index is 0.0574. The van der Waals surface area contributed by atoms with Crippen molar-refractivity contribution in [3.05, 3.63) is 65.3 Å². The van der Waals surface area contributed by atoms with E-state index in [1.165, 1.54) is 23.5 Å². The third kappa shape index (κ3) is 5.12. The number of benzene rings is 1. The third-order valence-corrected chi connectivity index (χ3v) is 10.9. The zero-order chi connectivity index (χ0) is 32.3. The van der Waals surface area contributed by atoms with Gasteiger partial charge in [0.1, 0.15) is 35.4 Å². The van der Waals surface area contributed by atoms with Crippen molar-refractivity contribution in [2.75, 3.05) is 41.0 Å². The molecular formula is C35H39F2N5O3S. The lowest BCUT2D eigenvalue weighted by Gasteiger charge is -2.39. The van der Waals surface area contributed by atoms with Crippen LogP contribution in [0, 0.1) is 23.5 Å². The number of hydrogen-bond donors (Lipinski definition) is 0. The minimum atomic E-state index is -0.730. The Labute approximate surface area is 271 Å². The van der Waals surface area contributed by atoms with Crippen molar-refractivity contribution in [3.63, 3.8) is 0 Å². The number of fused-ring (bicyclic) bond motifs is 3. The maximum Gasteiger partial charge on any atom is 0.246 e. The van der Waals surface area contributed by atoms with Crippen molar-refractivity contribution in [2.24, 2.45) is 11.8 Å². The van der Waals surface area contributed by atoms with Crippen LogP contribution in [0.4, 0.5) is 8.78 Å². The SMILES string of the molecule is C=CC(=O)N1Cc2cc(-c3nc(C45CC(CN(C)C)C(C4)C5)c4ccsc4c3-c3c(F)cc(F)cc3OCCOC)nn2CC1C. The zero-order valence-corrected chi connectivity index (χ0v) is 27.5. The first kappa shape index (κ1) is 31.0. The summed E-state index contributed by atoms with van der Waals surface area (Å²) in [6.45, 7) is 7.96. The Kier molecular flexibility index (Phi) is 7.97. The number of hydrogen-bond acceptors (Lipinski definition) is 7. The molecular weight excluding hydrogens is 608 g/mol. The molecule has 0 saturated heterocycles. The Morgan fingerprint density at radius 3 is 2.74 bits per heavy atom. The summed E-state index contributed by atoms with van der Waals surface area (Å²) >= 11 is 1.52. The summed E-state index contributed by atoms with van der Waals surface area (Å²) in [5, 5.41) is 8.03. The van der Waals surface area contributed by atoms with Gasteiger partial charge in [0.2, 0.25) is 5.91 Å². The van der Waals surface area contributed by atoms with Crippen LogP contribution in [0.5, 0.6) is 5.75 Å². The van der Waals surface area contributed by atoms with E-state index in [-0.39, 0.29) is 41.9 Å². The van der Waals surface area contributed by atoms with Gasteiger partial charge in [-0.25, -0.2) is 13.8 Å². The number of pyridine rings is 1. The van der Waals surface area contributed by atoms with E-state index in [0.29, 0.717) is 41.9 Å². The molecule has 0 spiro atoms. The molecule has 3 saturated carbocycles. The molecule has 8 rings (SSSR count). The molecule has 0 N–H and O–H groups in total. The minimum Gasteiger partial charge on any atom is -0.490 e. The number of ether oxygens (including phenoxy) is 2. The smallest absolute Gasteiger partial charge is 0.246 e. The number of amides is 1. The Bertz CT molecular complexity index is 1830. The molecule has 2 unspecified atom stereocenters. The van der Waals surface area contributed by atoms with E-state index >= 15 is 4.39 Å². The molecule has 3 aromatic heterocycles. The summed E-state index contributed by atoms with van der Waals surface area (Å²) < 4.78 is 44.7. The summed E-state index contributed by atoms with van der Waals surface area (Å²) in [6.07, 6.45) is 4.54. The fourth-order valence-corrected chi connectivity index (χ4v) is 8.97. The van der Waals surface area contributed by atoms with Crippen LogP contribution in [0.3, 0.4) is 0 Å². The Hall–Kier alpha value is -3.67. The standard InChI is InChI=1S/C35H39F2N5O3S/c1-6-29(43)41-19-24-13-27(39-42(24)17-20(41)2)32-31(30-26(37)11-23(36)12-28(30)45-9-8-44-5)33-25(7-10-46-33)34(38-32)35-14-21(15-35)22(16-35)18-40(3)4/h6-7,10-13,20-22H,1,8-9,14-19H2,2-5H3. The van der Waals surface area contributed by atoms with Crippen LogP contribution < -0.4 is 4.74 Å². The Morgan fingerprint density at radius 2 is 2.00 bits per heavy atom. The molecule has 2 bridgehead atoms. The molecule has 2 atom stereocenters. The molecule has 4 aromatic rings. The van der Waals surface area contributed by atoms with Crippen LogP contribution in [0.25, 0.3) is 32.6 Å². The van der Waals surface area contributed by atoms with Gasteiger partial charge in [0.25, 0.3) is 0 Å². The topological polar surface area (TPSA) is 72.7 Å². The number of thiophene rings is 1. The highest BCUT2D eigenvalue weighted by Gasteiger charge is 2.58. The average molecular weight is 648 g/mol. The molecule has 0 radical (unpaired) electrons. The van der Waals surface area contributed by atoms with Crippen molar-refractivity contribution in [1.29, 1.82) is 0 Å². The molecule has 242 valence electrons. The maximum atomic E-state index is 16.1. The molecule has 3 aliphatic carbocycles. The second-order valence-corrected chi connectivity index (χ2v) is 14.3. The van der Waals surface area contributed by atoms with Crippen LogP contribution in [-0.4, -0.2) is 77.5 Å². The van der Waals surface area contributed by atoms with E-state index in [1.54, 1.807) is 12.0 Å². The van der Waals surface area contributed by atoms with Gasteiger partial charge >= 0.3 is 0 Å². The number of carbonyl (C=O) groups is 1. The first-order valence-corrected chi connectivity index (χ1v) is 16.7. The van der Waals surface area contributed by atoms with Gasteiger partial charge in [0, 0.05) is 52.9 Å². The van der Waals surface area contributed by atoms with Crippen LogP contribution in [-0.2, 0) is 28.0 Å². The van der Waals surface area contributed by atoms with Crippen LogP contribution in [0.2, 0.25) is 0 Å². The lowest BCUT2D eigenvalue weighted by atomic mass is 9.66. The normalized spacial score (nSPS) is 23.5. The molecule has 11 heteroatoms. The first-order valence-electron chi connectivity index (χ1n) is 15.8. The van der Waals surface area contributed by atoms with Crippen molar-refractivity contribution in [3.8, 4) is 28.3 Å². The summed E-state index contributed by atoms with van der Waals surface area (Å²) in [4.78, 5) is 22.1. The van der Waals surface area contributed by atoms with Gasteiger partial charge in [0.15, 0.2) is 0 Å². The van der Waals surface area contributed by atoms with E-state index < -0.39 is 11.6 Å². The quantitative estimate of drug-likeness (QED) is 0.149. The number of halogens is 2. The highest BCUT2D eigenvalue weighted by Crippen LogP contribution is 2.64. The highest BCUT2D eigenvalue weighted by molar-refractivity contribution is 7.17. The molecule has 3 fully saturated rings. The highest BCUT2D eigenvalue weighted by atomic mass is 32.1. The number of carbonyl (C=O) groups excluding carboxylic acids is 1. The van der Waals surface area contributed by atoms with Gasteiger partial charge < -0.3 is 19.3 Å². The molecule has 4 aliphatic rings. The molecule has 1 amide bonds. The number of aromatic nitrogens is 3. The first-order chi connectivity index (χ1) is 22.1. The van der Waals surface area contributed by atoms with Gasteiger partial charge in [-0.1, -0.05) is 6.58 Å². The second-order valence-electron chi connectivity index (χ2n) is 13.3. The van der Waals surface area contributed by atoms with E-state index in [9.17, 15) is 9.18 Å². The predicted molar refractivity (Wildman–Crippen MR) is 175 cm³/mol. The van der Waals surface area contributed by atoms with Crippen LogP contribution in [0.15, 0.2) is 42.3 Å². The molecule has 4 heterocycles. The summed E-state index contributed by atoms with van der Waals surface area (Å²) in [7, 11) is 5.80. The molecule has 1 aromatic carbocycles. The fourth-order valence-electron chi connectivity index (χ4n) is 8.02. The fraction of sp³-hybridized carbons (Fsp3) is 0.457. The monoisotopic (exact) mass is 647 g/mol.